The highest BCUT2D eigenvalue weighted by molar-refractivity contribution is 7.90. The number of carboxylic acids is 1. The molecule has 2 aromatic rings. The Labute approximate surface area is 134 Å². The second kappa shape index (κ2) is 5.45. The first kappa shape index (κ1) is 15.7. The number of aromatic nitrogens is 1. The predicted molar refractivity (Wildman–Crippen MR) is 86.5 cm³/mol. The van der Waals surface area contributed by atoms with Crippen molar-refractivity contribution in [1.82, 2.24) is 4.98 Å². The second-order valence-electron chi connectivity index (χ2n) is 5.97. The highest BCUT2D eigenvalue weighted by Gasteiger charge is 2.28. The van der Waals surface area contributed by atoms with Crippen molar-refractivity contribution in [2.24, 2.45) is 0 Å². The van der Waals surface area contributed by atoms with Gasteiger partial charge in [-0.2, -0.15) is 0 Å². The van der Waals surface area contributed by atoms with E-state index in [0.717, 1.165) is 24.7 Å². The van der Waals surface area contributed by atoms with Crippen molar-refractivity contribution < 1.29 is 18.3 Å². The second-order valence-corrected chi connectivity index (χ2v) is 7.99. The molecule has 1 aliphatic carbocycles. The molecule has 1 N–H and O–H groups in total. The molecular weight excluding hydrogens is 314 g/mol. The van der Waals surface area contributed by atoms with Gasteiger partial charge in [0.05, 0.1) is 10.5 Å². The van der Waals surface area contributed by atoms with Crippen molar-refractivity contribution in [3.63, 3.8) is 0 Å². The summed E-state index contributed by atoms with van der Waals surface area (Å²) in [6, 6.07) is 6.70. The molecule has 6 heteroatoms. The van der Waals surface area contributed by atoms with E-state index < -0.39 is 15.8 Å². The molecule has 0 amide bonds. The molecule has 0 bridgehead atoms. The van der Waals surface area contributed by atoms with Crippen LogP contribution in [0, 0.1) is 6.92 Å². The van der Waals surface area contributed by atoms with Crippen LogP contribution in [0.5, 0.6) is 0 Å². The fraction of sp³-hybridized carbons (Fsp3) is 0.294. The Bertz CT molecular complexity index is 899. The summed E-state index contributed by atoms with van der Waals surface area (Å²) in [5.74, 6) is -0.701. The molecule has 0 saturated heterocycles. The van der Waals surface area contributed by atoms with E-state index in [4.69, 9.17) is 0 Å². The summed E-state index contributed by atoms with van der Waals surface area (Å²) >= 11 is 0. The summed E-state index contributed by atoms with van der Waals surface area (Å²) < 4.78 is 23.7. The van der Waals surface area contributed by atoms with Crippen molar-refractivity contribution in [3.8, 4) is 11.1 Å². The fourth-order valence-corrected chi connectivity index (χ4v) is 3.35. The Morgan fingerprint density at radius 3 is 2.48 bits per heavy atom. The number of hydrogen-bond acceptors (Lipinski definition) is 4. The van der Waals surface area contributed by atoms with Crippen LogP contribution < -0.4 is 0 Å². The maximum absolute atomic E-state index is 11.9. The molecule has 5 nitrogen and oxygen atoms in total. The standard InChI is InChI=1S/C17H17NO4S/c1-10-7-14(16(9-18-10)17(19)20)15-8-12(23(2,21)22)5-6-13(15)11-3-4-11/h5-9,11H,3-4H2,1-2H3,(H,19,20). The lowest BCUT2D eigenvalue weighted by atomic mass is 9.94. The normalized spacial score (nSPS) is 14.7. The predicted octanol–water partition coefficient (Wildman–Crippen LogP) is 3.04. The van der Waals surface area contributed by atoms with Gasteiger partial charge in [-0.3, -0.25) is 4.98 Å². The smallest absolute Gasteiger partial charge is 0.337 e. The third-order valence-electron chi connectivity index (χ3n) is 4.03. The van der Waals surface area contributed by atoms with Gasteiger partial charge in [0.25, 0.3) is 0 Å². The number of nitrogens with zero attached hydrogens (tertiary/aromatic N) is 1. The van der Waals surface area contributed by atoms with Crippen molar-refractivity contribution in [2.75, 3.05) is 6.26 Å². The van der Waals surface area contributed by atoms with Gasteiger partial charge >= 0.3 is 5.97 Å². The van der Waals surface area contributed by atoms with Gasteiger partial charge in [0, 0.05) is 18.1 Å². The summed E-state index contributed by atoms with van der Waals surface area (Å²) in [5.41, 5.74) is 2.99. The van der Waals surface area contributed by atoms with E-state index in [1.54, 1.807) is 25.1 Å². The molecule has 0 spiro atoms. The van der Waals surface area contributed by atoms with E-state index >= 15 is 0 Å². The molecule has 0 atom stereocenters. The number of rotatable bonds is 4. The van der Waals surface area contributed by atoms with Crippen LogP contribution in [0.3, 0.4) is 0 Å². The van der Waals surface area contributed by atoms with Crippen molar-refractivity contribution >= 4 is 15.8 Å². The summed E-state index contributed by atoms with van der Waals surface area (Å²) in [6.45, 7) is 1.78. The molecular formula is C17H17NO4S. The zero-order chi connectivity index (χ0) is 16.8. The lowest BCUT2D eigenvalue weighted by Crippen LogP contribution is -2.04. The van der Waals surface area contributed by atoms with Crippen molar-refractivity contribution in [2.45, 2.75) is 30.6 Å². The number of pyridine rings is 1. The van der Waals surface area contributed by atoms with Gasteiger partial charge in [-0.1, -0.05) is 6.07 Å². The molecule has 1 aromatic carbocycles. The SMILES string of the molecule is Cc1cc(-c2cc(S(C)(=O)=O)ccc2C2CC2)c(C(=O)O)cn1. The molecule has 1 aliphatic rings. The fourth-order valence-electron chi connectivity index (χ4n) is 2.70. The number of carboxylic acid groups (broad SMARTS) is 1. The molecule has 23 heavy (non-hydrogen) atoms. The topological polar surface area (TPSA) is 84.3 Å². The largest absolute Gasteiger partial charge is 0.478 e. The molecule has 1 saturated carbocycles. The Morgan fingerprint density at radius 2 is 1.91 bits per heavy atom. The van der Waals surface area contributed by atoms with E-state index in [-0.39, 0.29) is 10.5 Å². The van der Waals surface area contributed by atoms with Crippen LogP contribution in [-0.2, 0) is 9.84 Å². The molecule has 1 heterocycles. The first-order valence-corrected chi connectivity index (χ1v) is 9.21. The van der Waals surface area contributed by atoms with Gasteiger partial charge < -0.3 is 5.11 Å². The third-order valence-corrected chi connectivity index (χ3v) is 5.14. The molecule has 0 radical (unpaired) electrons. The molecule has 1 fully saturated rings. The number of hydrogen-bond donors (Lipinski definition) is 1. The monoisotopic (exact) mass is 331 g/mol. The van der Waals surface area contributed by atoms with E-state index in [1.165, 1.54) is 6.20 Å². The molecule has 3 rings (SSSR count). The number of aromatic carboxylic acids is 1. The minimum atomic E-state index is -3.36. The van der Waals surface area contributed by atoms with Gasteiger partial charge in [0.1, 0.15) is 0 Å². The number of aryl methyl sites for hydroxylation is 1. The Kier molecular flexibility index (Phi) is 3.72. The first-order chi connectivity index (χ1) is 10.8. The van der Waals surface area contributed by atoms with Gasteiger partial charge in [-0.05, 0) is 60.6 Å². The van der Waals surface area contributed by atoms with Crippen LogP contribution in [0.25, 0.3) is 11.1 Å². The number of sulfone groups is 1. The highest BCUT2D eigenvalue weighted by atomic mass is 32.2. The van der Waals surface area contributed by atoms with E-state index in [2.05, 4.69) is 4.98 Å². The van der Waals surface area contributed by atoms with Gasteiger partial charge in [-0.15, -0.1) is 0 Å². The quantitative estimate of drug-likeness (QED) is 0.931. The summed E-state index contributed by atoms with van der Waals surface area (Å²) in [7, 11) is -3.36. The molecule has 0 unspecified atom stereocenters. The summed E-state index contributed by atoms with van der Waals surface area (Å²) in [6.07, 6.45) is 4.56. The van der Waals surface area contributed by atoms with Gasteiger partial charge in [0.15, 0.2) is 9.84 Å². The number of benzene rings is 1. The summed E-state index contributed by atoms with van der Waals surface area (Å²) in [5, 5.41) is 9.43. The molecule has 1 aromatic heterocycles. The maximum Gasteiger partial charge on any atom is 0.337 e. The van der Waals surface area contributed by atoms with E-state index in [0.29, 0.717) is 22.7 Å². The van der Waals surface area contributed by atoms with E-state index in [1.807, 2.05) is 6.07 Å². The van der Waals surface area contributed by atoms with E-state index in [9.17, 15) is 18.3 Å². The Hall–Kier alpha value is -2.21. The first-order valence-electron chi connectivity index (χ1n) is 7.31. The highest BCUT2D eigenvalue weighted by Crippen LogP contribution is 2.45. The minimum Gasteiger partial charge on any atom is -0.478 e. The average Bonchev–Trinajstić information content (AvgIpc) is 3.29. The van der Waals surface area contributed by atoms with Crippen LogP contribution in [0.1, 0.15) is 40.4 Å². The Balaban J connectivity index is 2.30. The van der Waals surface area contributed by atoms with Crippen molar-refractivity contribution in [3.05, 3.63) is 47.3 Å². The average molecular weight is 331 g/mol. The van der Waals surface area contributed by atoms with Gasteiger partial charge in [-0.25, -0.2) is 13.2 Å². The lowest BCUT2D eigenvalue weighted by Gasteiger charge is -2.14. The van der Waals surface area contributed by atoms with Crippen LogP contribution in [0.4, 0.5) is 0 Å². The van der Waals surface area contributed by atoms with Crippen LogP contribution in [-0.4, -0.2) is 30.7 Å². The zero-order valence-corrected chi connectivity index (χ0v) is 13.7. The lowest BCUT2D eigenvalue weighted by molar-refractivity contribution is 0.0697. The number of carbonyl (C=O) groups is 1. The minimum absolute atomic E-state index is 0.0863. The summed E-state index contributed by atoms with van der Waals surface area (Å²) in [4.78, 5) is 15.8. The molecule has 0 aliphatic heterocycles. The van der Waals surface area contributed by atoms with Crippen LogP contribution >= 0.6 is 0 Å². The maximum atomic E-state index is 11.9. The van der Waals surface area contributed by atoms with Crippen LogP contribution in [0.2, 0.25) is 0 Å². The zero-order valence-electron chi connectivity index (χ0n) is 12.9. The molecule has 120 valence electrons. The van der Waals surface area contributed by atoms with Crippen LogP contribution in [0.15, 0.2) is 35.4 Å². The van der Waals surface area contributed by atoms with Gasteiger partial charge in [0.2, 0.25) is 0 Å². The van der Waals surface area contributed by atoms with Crippen molar-refractivity contribution in [1.29, 1.82) is 0 Å². The third kappa shape index (κ3) is 3.12. The Morgan fingerprint density at radius 1 is 1.22 bits per heavy atom.